The number of hydrogen-bond donors (Lipinski definition) is 0. The molecule has 1 aromatic rings. The van der Waals surface area contributed by atoms with Gasteiger partial charge in [0.2, 0.25) is 0 Å². The van der Waals surface area contributed by atoms with Crippen LogP contribution in [0.1, 0.15) is 12.0 Å². The van der Waals surface area contributed by atoms with E-state index in [1.54, 1.807) is 0 Å². The first-order valence-electron chi connectivity index (χ1n) is 4.64. The van der Waals surface area contributed by atoms with Gasteiger partial charge in [-0.2, -0.15) is 0 Å². The van der Waals surface area contributed by atoms with Gasteiger partial charge in [0.25, 0.3) is 0 Å². The van der Waals surface area contributed by atoms with E-state index in [0.29, 0.717) is 25.0 Å². The van der Waals surface area contributed by atoms with Gasteiger partial charge in [-0.1, -0.05) is 46.3 Å². The van der Waals surface area contributed by atoms with E-state index in [9.17, 15) is 4.39 Å². The van der Waals surface area contributed by atoms with E-state index in [0.717, 1.165) is 5.56 Å². The van der Waals surface area contributed by atoms with Crippen molar-refractivity contribution in [1.29, 1.82) is 0 Å². The summed E-state index contributed by atoms with van der Waals surface area (Å²) in [4.78, 5) is 0. The fraction of sp³-hybridized carbons (Fsp3) is 0.455. The lowest BCUT2D eigenvalue weighted by Gasteiger charge is -2.05. The summed E-state index contributed by atoms with van der Waals surface area (Å²) in [6.45, 7) is 1.04. The van der Waals surface area contributed by atoms with Crippen molar-refractivity contribution in [3.8, 4) is 0 Å². The van der Waals surface area contributed by atoms with Crippen LogP contribution in [0, 0.1) is 0 Å². The van der Waals surface area contributed by atoms with Gasteiger partial charge >= 0.3 is 0 Å². The van der Waals surface area contributed by atoms with Crippen molar-refractivity contribution in [2.75, 3.05) is 11.9 Å². The summed E-state index contributed by atoms with van der Waals surface area (Å²) in [5.74, 6) is 0. The zero-order valence-electron chi connectivity index (χ0n) is 7.96. The predicted octanol–water partition coefficient (Wildman–Crippen LogP) is 3.33. The monoisotopic (exact) mass is 260 g/mol. The van der Waals surface area contributed by atoms with Gasteiger partial charge in [-0.25, -0.2) is 4.39 Å². The third-order valence-electron chi connectivity index (χ3n) is 1.85. The van der Waals surface area contributed by atoms with E-state index in [1.165, 1.54) is 0 Å². The Hall–Kier alpha value is -0.410. The molecule has 1 nitrogen and oxygen atoms in total. The highest BCUT2D eigenvalue weighted by molar-refractivity contribution is 9.09. The van der Waals surface area contributed by atoms with Crippen molar-refractivity contribution in [2.24, 2.45) is 0 Å². The number of ether oxygens (including phenoxy) is 1. The van der Waals surface area contributed by atoms with E-state index in [4.69, 9.17) is 4.74 Å². The second-order valence-corrected chi connectivity index (χ2v) is 3.73. The van der Waals surface area contributed by atoms with Gasteiger partial charge in [0.1, 0.15) is 6.17 Å². The lowest BCUT2D eigenvalue weighted by atomic mass is 10.2. The molecule has 0 spiro atoms. The van der Waals surface area contributed by atoms with Crippen LogP contribution >= 0.6 is 15.9 Å². The Kier molecular flexibility index (Phi) is 5.80. The van der Waals surface area contributed by atoms with Gasteiger partial charge in [-0.15, -0.1) is 0 Å². The number of benzene rings is 1. The van der Waals surface area contributed by atoms with Crippen LogP contribution in [0.4, 0.5) is 4.39 Å². The summed E-state index contributed by atoms with van der Waals surface area (Å²) in [6, 6.07) is 9.89. The number of halogens is 2. The van der Waals surface area contributed by atoms with E-state index < -0.39 is 6.17 Å². The number of alkyl halides is 2. The summed E-state index contributed by atoms with van der Waals surface area (Å²) in [5, 5.41) is 0.391. The minimum Gasteiger partial charge on any atom is -0.377 e. The molecule has 0 radical (unpaired) electrons. The average Bonchev–Trinajstić information content (AvgIpc) is 2.25. The van der Waals surface area contributed by atoms with E-state index in [1.807, 2.05) is 30.3 Å². The maximum Gasteiger partial charge on any atom is 0.112 e. The van der Waals surface area contributed by atoms with Crippen LogP contribution in [0.15, 0.2) is 30.3 Å². The Morgan fingerprint density at radius 1 is 1.29 bits per heavy atom. The second kappa shape index (κ2) is 6.96. The molecule has 0 fully saturated rings. The molecule has 0 unspecified atom stereocenters. The molecule has 0 N–H and O–H groups in total. The Morgan fingerprint density at radius 3 is 2.64 bits per heavy atom. The van der Waals surface area contributed by atoms with Crippen LogP contribution in [-0.2, 0) is 11.3 Å². The van der Waals surface area contributed by atoms with Crippen LogP contribution < -0.4 is 0 Å². The molecule has 0 saturated heterocycles. The Bertz CT molecular complexity index is 240. The fourth-order valence-electron chi connectivity index (χ4n) is 1.05. The van der Waals surface area contributed by atoms with E-state index in [-0.39, 0.29) is 0 Å². The molecule has 0 aliphatic heterocycles. The molecule has 0 bridgehead atoms. The summed E-state index contributed by atoms with van der Waals surface area (Å²) >= 11 is 3.08. The first-order valence-corrected chi connectivity index (χ1v) is 5.77. The molecule has 0 aromatic heterocycles. The van der Waals surface area contributed by atoms with E-state index in [2.05, 4.69) is 15.9 Å². The summed E-state index contributed by atoms with van der Waals surface area (Å²) in [6.07, 6.45) is -0.344. The second-order valence-electron chi connectivity index (χ2n) is 3.08. The minimum absolute atomic E-state index is 0.391. The number of hydrogen-bond acceptors (Lipinski definition) is 1. The minimum atomic E-state index is -0.800. The zero-order chi connectivity index (χ0) is 10.2. The molecule has 1 aromatic carbocycles. The molecule has 0 saturated carbocycles. The van der Waals surface area contributed by atoms with Crippen molar-refractivity contribution in [3.05, 3.63) is 35.9 Å². The highest BCUT2D eigenvalue weighted by atomic mass is 79.9. The molecule has 1 rings (SSSR count). The van der Waals surface area contributed by atoms with Gasteiger partial charge in [0, 0.05) is 18.4 Å². The van der Waals surface area contributed by atoms with Crippen molar-refractivity contribution in [3.63, 3.8) is 0 Å². The molecular weight excluding hydrogens is 247 g/mol. The molecule has 0 aliphatic carbocycles. The summed E-state index contributed by atoms with van der Waals surface area (Å²) in [7, 11) is 0. The fourth-order valence-corrected chi connectivity index (χ4v) is 1.38. The standard InChI is InChI=1S/C11H14BrFO/c12-8-11(13)6-7-14-9-10-4-2-1-3-5-10/h1-5,11H,6-9H2/t11-/m1/s1. The van der Waals surface area contributed by atoms with Crippen molar-refractivity contribution >= 4 is 15.9 Å². The summed E-state index contributed by atoms with van der Waals surface area (Å²) < 4.78 is 18.1. The third kappa shape index (κ3) is 4.72. The smallest absolute Gasteiger partial charge is 0.112 e. The molecule has 14 heavy (non-hydrogen) atoms. The van der Waals surface area contributed by atoms with Crippen molar-refractivity contribution in [1.82, 2.24) is 0 Å². The van der Waals surface area contributed by atoms with Crippen LogP contribution in [0.5, 0.6) is 0 Å². The Labute approximate surface area is 92.4 Å². The topological polar surface area (TPSA) is 9.23 Å². The zero-order valence-corrected chi connectivity index (χ0v) is 9.54. The Morgan fingerprint density at radius 2 is 2.00 bits per heavy atom. The number of rotatable bonds is 6. The van der Waals surface area contributed by atoms with Gasteiger partial charge in [0.15, 0.2) is 0 Å². The molecular formula is C11H14BrFO. The SMILES string of the molecule is F[C@@H](CBr)CCOCc1ccccc1. The van der Waals surface area contributed by atoms with Crippen molar-refractivity contribution < 1.29 is 9.13 Å². The van der Waals surface area contributed by atoms with Gasteiger partial charge < -0.3 is 4.74 Å². The lowest BCUT2D eigenvalue weighted by molar-refractivity contribution is 0.103. The highest BCUT2D eigenvalue weighted by Gasteiger charge is 2.02. The molecule has 0 heterocycles. The maximum absolute atomic E-state index is 12.7. The average molecular weight is 261 g/mol. The van der Waals surface area contributed by atoms with Crippen LogP contribution in [0.3, 0.4) is 0 Å². The molecule has 3 heteroatoms. The van der Waals surface area contributed by atoms with Crippen LogP contribution in [0.25, 0.3) is 0 Å². The van der Waals surface area contributed by atoms with Crippen LogP contribution in [0.2, 0.25) is 0 Å². The van der Waals surface area contributed by atoms with Gasteiger partial charge in [0.05, 0.1) is 6.61 Å². The van der Waals surface area contributed by atoms with Crippen molar-refractivity contribution in [2.45, 2.75) is 19.2 Å². The van der Waals surface area contributed by atoms with Gasteiger partial charge in [-0.05, 0) is 5.56 Å². The third-order valence-corrected chi connectivity index (χ3v) is 2.56. The maximum atomic E-state index is 12.7. The molecule has 0 amide bonds. The molecule has 0 aliphatic rings. The largest absolute Gasteiger partial charge is 0.377 e. The highest BCUT2D eigenvalue weighted by Crippen LogP contribution is 2.04. The molecule has 1 atom stereocenters. The molecule has 78 valence electrons. The lowest BCUT2D eigenvalue weighted by Crippen LogP contribution is -2.06. The van der Waals surface area contributed by atoms with Gasteiger partial charge in [-0.3, -0.25) is 0 Å². The normalized spacial score (nSPS) is 12.7. The summed E-state index contributed by atoms with van der Waals surface area (Å²) in [5.41, 5.74) is 1.13. The first kappa shape index (κ1) is 11.7. The van der Waals surface area contributed by atoms with Crippen LogP contribution in [-0.4, -0.2) is 18.1 Å². The van der Waals surface area contributed by atoms with E-state index >= 15 is 0 Å². The predicted molar refractivity (Wildman–Crippen MR) is 59.4 cm³/mol. The first-order chi connectivity index (χ1) is 6.83. The Balaban J connectivity index is 2.10. The quantitative estimate of drug-likeness (QED) is 0.563.